The molecule has 14 heavy (non-hydrogen) atoms. The number of rotatable bonds is 0. The largest absolute Gasteiger partial charge is 1.00 e. The molecule has 2 aromatic rings. The fourth-order valence-corrected chi connectivity index (χ4v) is 1.74. The first-order valence-corrected chi connectivity index (χ1v) is 4.60. The molecule has 1 aromatic heterocycles. The van der Waals surface area contributed by atoms with Gasteiger partial charge in [0, 0.05) is 6.42 Å². The molecule has 0 fully saturated rings. The third-order valence-electron chi connectivity index (χ3n) is 2.41. The molecule has 0 saturated heterocycles. The van der Waals surface area contributed by atoms with Crippen LogP contribution in [0.5, 0.6) is 0 Å². The van der Waals surface area contributed by atoms with Crippen molar-refractivity contribution in [3.63, 3.8) is 0 Å². The highest BCUT2D eigenvalue weighted by Crippen LogP contribution is 2.20. The first-order chi connectivity index (χ1) is 6.95. The Morgan fingerprint density at radius 3 is 3.21 bits per heavy atom. The Morgan fingerprint density at radius 2 is 2.21 bits per heavy atom. The van der Waals surface area contributed by atoms with E-state index in [0.29, 0.717) is 0 Å². The molecule has 0 N–H and O–H groups in total. The second-order valence-corrected chi connectivity index (χ2v) is 3.28. The van der Waals surface area contributed by atoms with Gasteiger partial charge in [0.2, 0.25) is 0 Å². The van der Waals surface area contributed by atoms with E-state index >= 15 is 0 Å². The van der Waals surface area contributed by atoms with Crippen LogP contribution in [0, 0.1) is 0 Å². The van der Waals surface area contributed by atoms with Crippen LogP contribution in [0.4, 0.5) is 0 Å². The van der Waals surface area contributed by atoms with Gasteiger partial charge in [-0.15, -0.1) is 10.2 Å². The molecule has 0 aliphatic carbocycles. The quantitative estimate of drug-likeness (QED) is 0.626. The molecule has 0 amide bonds. The lowest BCUT2D eigenvalue weighted by Crippen LogP contribution is -1.98. The minimum atomic E-state index is 0. The zero-order valence-corrected chi connectivity index (χ0v) is 7.59. The lowest BCUT2D eigenvalue weighted by atomic mass is 10.1. The number of fused-ring (bicyclic) bond motifs is 3. The van der Waals surface area contributed by atoms with Gasteiger partial charge in [0.15, 0.2) is 0 Å². The van der Waals surface area contributed by atoms with Crippen LogP contribution in [0.2, 0.25) is 0 Å². The molecule has 3 nitrogen and oxygen atoms in total. The molecule has 0 atom stereocenters. The summed E-state index contributed by atoms with van der Waals surface area (Å²) < 4.78 is 2.04. The second kappa shape index (κ2) is 2.80. The number of hydrogen-bond acceptors (Lipinski definition) is 2. The Labute approximate surface area is 83.2 Å². The van der Waals surface area contributed by atoms with Crippen molar-refractivity contribution in [2.45, 2.75) is 6.42 Å². The van der Waals surface area contributed by atoms with Crippen molar-refractivity contribution in [2.75, 3.05) is 0 Å². The van der Waals surface area contributed by atoms with Gasteiger partial charge >= 0.3 is 1.43 Å². The van der Waals surface area contributed by atoms with Crippen LogP contribution < -0.4 is 0 Å². The molecule has 0 unspecified atom stereocenters. The molecule has 2 heterocycles. The first kappa shape index (κ1) is 7.50. The Kier molecular flexibility index (Phi) is 1.50. The third kappa shape index (κ3) is 0.988. The van der Waals surface area contributed by atoms with E-state index in [1.807, 2.05) is 16.7 Å². The van der Waals surface area contributed by atoms with Gasteiger partial charge in [-0.25, -0.2) is 0 Å². The van der Waals surface area contributed by atoms with Gasteiger partial charge in [0.05, 0.1) is 5.69 Å². The summed E-state index contributed by atoms with van der Waals surface area (Å²) in [5.41, 5.74) is 2.37. The van der Waals surface area contributed by atoms with Crippen molar-refractivity contribution in [3.05, 3.63) is 48.1 Å². The van der Waals surface area contributed by atoms with Crippen molar-refractivity contribution in [1.29, 1.82) is 0 Å². The van der Waals surface area contributed by atoms with Gasteiger partial charge < -0.3 is 0 Å². The molecule has 1 aliphatic rings. The van der Waals surface area contributed by atoms with Gasteiger partial charge in [-0.05, 0) is 11.6 Å². The summed E-state index contributed by atoms with van der Waals surface area (Å²) in [5, 5.41) is 8.00. The van der Waals surface area contributed by atoms with E-state index in [9.17, 15) is 0 Å². The average Bonchev–Trinajstić information content (AvgIpc) is 2.61. The number of benzene rings is 1. The van der Waals surface area contributed by atoms with E-state index in [-0.39, 0.29) is 1.43 Å². The van der Waals surface area contributed by atoms with Crippen molar-refractivity contribution < 1.29 is 1.43 Å². The van der Waals surface area contributed by atoms with E-state index in [2.05, 4.69) is 34.5 Å². The Balaban J connectivity index is 0.000000853. The maximum absolute atomic E-state index is 4.08. The number of hydrogen-bond donors (Lipinski definition) is 0. The summed E-state index contributed by atoms with van der Waals surface area (Å²) in [5.74, 6) is 0.992. The van der Waals surface area contributed by atoms with Crippen LogP contribution in [0.3, 0.4) is 0 Å². The first-order valence-electron chi connectivity index (χ1n) is 4.60. The molecule has 3 heteroatoms. The van der Waals surface area contributed by atoms with Crippen LogP contribution in [-0.2, 0) is 6.42 Å². The Hall–Kier alpha value is -1.90. The SMILES string of the molecule is C1=Cc2ccccc2-n2cnnc2C1.[H+]. The maximum atomic E-state index is 4.08. The molecule has 0 saturated carbocycles. The van der Waals surface area contributed by atoms with Crippen LogP contribution in [0.1, 0.15) is 12.8 Å². The van der Waals surface area contributed by atoms with Crippen LogP contribution in [0.25, 0.3) is 11.8 Å². The van der Waals surface area contributed by atoms with Crippen molar-refractivity contribution in [2.24, 2.45) is 0 Å². The number of aromatic nitrogens is 3. The lowest BCUT2D eigenvalue weighted by molar-refractivity contribution is 0.928. The van der Waals surface area contributed by atoms with E-state index in [0.717, 1.165) is 17.9 Å². The van der Waals surface area contributed by atoms with Crippen molar-refractivity contribution in [3.8, 4) is 5.69 Å². The summed E-state index contributed by atoms with van der Waals surface area (Å²) in [4.78, 5) is 0. The number of allylic oxidation sites excluding steroid dienone is 1. The van der Waals surface area contributed by atoms with Gasteiger partial charge in [-0.1, -0.05) is 30.4 Å². The topological polar surface area (TPSA) is 30.7 Å². The highest BCUT2D eigenvalue weighted by Gasteiger charge is 2.10. The number of nitrogens with zero attached hydrogens (tertiary/aromatic N) is 3. The average molecular weight is 184 g/mol. The van der Waals surface area contributed by atoms with Gasteiger partial charge in [0.1, 0.15) is 12.2 Å². The normalized spacial score (nSPS) is 13.1. The molecule has 1 aromatic carbocycles. The van der Waals surface area contributed by atoms with E-state index in [1.165, 1.54) is 5.56 Å². The zero-order valence-electron chi connectivity index (χ0n) is 8.59. The standard InChI is InChI=1S/C11H9N3/c1-2-6-10-9(4-1)5-3-7-11-13-12-8-14(10)11/h1-6,8H,7H2/p+1. The minimum Gasteiger partial charge on any atom is -0.285 e. The van der Waals surface area contributed by atoms with Crippen molar-refractivity contribution in [1.82, 2.24) is 14.8 Å². The smallest absolute Gasteiger partial charge is 0.285 e. The molecule has 1 aliphatic heterocycles. The maximum Gasteiger partial charge on any atom is 1.00 e. The van der Waals surface area contributed by atoms with Crippen LogP contribution in [0.15, 0.2) is 36.7 Å². The number of para-hydroxylation sites is 1. The monoisotopic (exact) mass is 184 g/mol. The van der Waals surface area contributed by atoms with Crippen LogP contribution in [-0.4, -0.2) is 14.8 Å². The molecular weight excluding hydrogens is 174 g/mol. The molecule has 3 rings (SSSR count). The highest BCUT2D eigenvalue weighted by atomic mass is 15.3. The highest BCUT2D eigenvalue weighted by molar-refractivity contribution is 5.62. The van der Waals surface area contributed by atoms with E-state index in [4.69, 9.17) is 0 Å². The Morgan fingerprint density at radius 1 is 1.29 bits per heavy atom. The molecule has 0 spiro atoms. The molecular formula is C11H10N3+. The predicted molar refractivity (Wildman–Crippen MR) is 55.2 cm³/mol. The van der Waals surface area contributed by atoms with Gasteiger partial charge in [0.25, 0.3) is 0 Å². The van der Waals surface area contributed by atoms with E-state index < -0.39 is 0 Å². The summed E-state index contributed by atoms with van der Waals surface area (Å²) in [6.45, 7) is 0. The lowest BCUT2D eigenvalue weighted by Gasteiger charge is -2.05. The van der Waals surface area contributed by atoms with Gasteiger partial charge in [-0.3, -0.25) is 4.57 Å². The summed E-state index contributed by atoms with van der Waals surface area (Å²) >= 11 is 0. The zero-order chi connectivity index (χ0) is 9.38. The summed E-state index contributed by atoms with van der Waals surface area (Å²) in [6, 6.07) is 8.25. The minimum absolute atomic E-state index is 0. The Bertz CT molecular complexity index is 502. The molecule has 68 valence electrons. The van der Waals surface area contributed by atoms with Crippen molar-refractivity contribution >= 4 is 6.08 Å². The second-order valence-electron chi connectivity index (χ2n) is 3.28. The fourth-order valence-electron chi connectivity index (χ4n) is 1.74. The molecule has 0 bridgehead atoms. The predicted octanol–water partition coefficient (Wildman–Crippen LogP) is 1.95. The third-order valence-corrected chi connectivity index (χ3v) is 2.41. The van der Waals surface area contributed by atoms with E-state index in [1.54, 1.807) is 6.33 Å². The summed E-state index contributed by atoms with van der Waals surface area (Å²) in [6.07, 6.45) is 6.85. The fraction of sp³-hybridized carbons (Fsp3) is 0.0909. The van der Waals surface area contributed by atoms with Gasteiger partial charge in [-0.2, -0.15) is 0 Å². The summed E-state index contributed by atoms with van der Waals surface area (Å²) in [7, 11) is 0. The van der Waals surface area contributed by atoms with Crippen LogP contribution >= 0.6 is 0 Å². The molecule has 0 radical (unpaired) electrons.